The first-order valence-electron chi connectivity index (χ1n) is 6.70. The average Bonchev–Trinajstić information content (AvgIpc) is 2.45. The molecule has 2 heteroatoms. The van der Waals surface area contributed by atoms with Crippen LogP contribution >= 0.6 is 0 Å². The lowest BCUT2D eigenvalue weighted by atomic mass is 9.85. The highest BCUT2D eigenvalue weighted by atomic mass is 16.5. The smallest absolute Gasteiger partial charge is 0.150 e. The standard InChI is InChI=1S/C18H20O2/c1-18(2,3)15-8-9-17(20-4)16(11-15)14-7-5-6-13(10-14)12-19/h5-12H,1-4H3. The minimum atomic E-state index is 0.0727. The van der Waals surface area contributed by atoms with Gasteiger partial charge in [-0.25, -0.2) is 0 Å². The Balaban J connectivity index is 2.60. The zero-order valence-electron chi connectivity index (χ0n) is 12.4. The van der Waals surface area contributed by atoms with Gasteiger partial charge in [-0.3, -0.25) is 4.79 Å². The molecule has 0 unspecified atom stereocenters. The van der Waals surface area contributed by atoms with E-state index in [9.17, 15) is 4.79 Å². The molecular weight excluding hydrogens is 248 g/mol. The van der Waals surface area contributed by atoms with E-state index in [0.717, 1.165) is 23.2 Å². The van der Waals surface area contributed by atoms with Gasteiger partial charge in [0.05, 0.1) is 7.11 Å². The van der Waals surface area contributed by atoms with Crippen molar-refractivity contribution < 1.29 is 9.53 Å². The molecule has 0 spiro atoms. The molecule has 2 aromatic rings. The van der Waals surface area contributed by atoms with E-state index in [1.54, 1.807) is 13.2 Å². The molecule has 0 bridgehead atoms. The minimum absolute atomic E-state index is 0.0727. The van der Waals surface area contributed by atoms with Crippen LogP contribution in [0.4, 0.5) is 0 Å². The van der Waals surface area contributed by atoms with Crippen LogP contribution in [0, 0.1) is 0 Å². The second-order valence-electron chi connectivity index (χ2n) is 5.91. The Bertz CT molecular complexity index is 622. The topological polar surface area (TPSA) is 26.3 Å². The van der Waals surface area contributed by atoms with E-state index in [1.165, 1.54) is 5.56 Å². The molecule has 2 aromatic carbocycles. The summed E-state index contributed by atoms with van der Waals surface area (Å²) in [5.74, 6) is 0.820. The SMILES string of the molecule is COc1ccc(C(C)(C)C)cc1-c1cccc(C=O)c1. The molecular formula is C18H20O2. The van der Waals surface area contributed by atoms with Crippen LogP contribution in [0.5, 0.6) is 5.75 Å². The van der Waals surface area contributed by atoms with Gasteiger partial charge < -0.3 is 4.74 Å². The first-order valence-corrected chi connectivity index (χ1v) is 6.70. The molecule has 0 fully saturated rings. The normalized spacial score (nSPS) is 11.2. The van der Waals surface area contributed by atoms with Crippen LogP contribution in [0.2, 0.25) is 0 Å². The highest BCUT2D eigenvalue weighted by molar-refractivity contribution is 5.80. The number of hydrogen-bond acceptors (Lipinski definition) is 2. The fourth-order valence-electron chi connectivity index (χ4n) is 2.18. The van der Waals surface area contributed by atoms with Crippen LogP contribution in [0.15, 0.2) is 42.5 Å². The maximum atomic E-state index is 10.9. The minimum Gasteiger partial charge on any atom is -0.496 e. The summed E-state index contributed by atoms with van der Waals surface area (Å²) < 4.78 is 5.45. The molecule has 0 aliphatic carbocycles. The molecule has 2 nitrogen and oxygen atoms in total. The van der Waals surface area contributed by atoms with Crippen molar-refractivity contribution >= 4 is 6.29 Å². The van der Waals surface area contributed by atoms with Gasteiger partial charge in [0.2, 0.25) is 0 Å². The Morgan fingerprint density at radius 1 is 1.05 bits per heavy atom. The largest absolute Gasteiger partial charge is 0.496 e. The molecule has 0 amide bonds. The highest BCUT2D eigenvalue weighted by Gasteiger charge is 2.16. The third-order valence-electron chi connectivity index (χ3n) is 3.40. The molecule has 0 aliphatic heterocycles. The molecule has 104 valence electrons. The van der Waals surface area contributed by atoms with Crippen molar-refractivity contribution in [1.82, 2.24) is 0 Å². The lowest BCUT2D eigenvalue weighted by Crippen LogP contribution is -2.11. The van der Waals surface area contributed by atoms with Crippen molar-refractivity contribution in [3.8, 4) is 16.9 Å². The predicted octanol–water partition coefficient (Wildman–Crippen LogP) is 4.47. The summed E-state index contributed by atoms with van der Waals surface area (Å²) in [5.41, 5.74) is 4.00. The van der Waals surface area contributed by atoms with Crippen LogP contribution in [-0.4, -0.2) is 13.4 Å². The Morgan fingerprint density at radius 3 is 2.40 bits per heavy atom. The van der Waals surface area contributed by atoms with Crippen molar-refractivity contribution in [2.45, 2.75) is 26.2 Å². The maximum Gasteiger partial charge on any atom is 0.150 e. The number of rotatable bonds is 3. The number of aldehydes is 1. The monoisotopic (exact) mass is 268 g/mol. The first kappa shape index (κ1) is 14.3. The van der Waals surface area contributed by atoms with Crippen molar-refractivity contribution in [1.29, 1.82) is 0 Å². The van der Waals surface area contributed by atoms with E-state index in [-0.39, 0.29) is 5.41 Å². The molecule has 0 N–H and O–H groups in total. The second kappa shape index (κ2) is 5.49. The van der Waals surface area contributed by atoms with Gasteiger partial charge in [0.25, 0.3) is 0 Å². The molecule has 0 heterocycles. The van der Waals surface area contributed by atoms with Gasteiger partial charge in [0.1, 0.15) is 12.0 Å². The summed E-state index contributed by atoms with van der Waals surface area (Å²) in [4.78, 5) is 10.9. The van der Waals surface area contributed by atoms with E-state index in [4.69, 9.17) is 4.74 Å². The maximum absolute atomic E-state index is 10.9. The number of methoxy groups -OCH3 is 1. The summed E-state index contributed by atoms with van der Waals surface area (Å²) in [6.07, 6.45) is 0.865. The van der Waals surface area contributed by atoms with E-state index in [0.29, 0.717) is 5.56 Å². The zero-order valence-corrected chi connectivity index (χ0v) is 12.4. The molecule has 0 aromatic heterocycles. The predicted molar refractivity (Wildman–Crippen MR) is 82.5 cm³/mol. The van der Waals surface area contributed by atoms with Gasteiger partial charge in [0, 0.05) is 11.1 Å². The van der Waals surface area contributed by atoms with Crippen molar-refractivity contribution in [2.24, 2.45) is 0 Å². The number of carbonyl (C=O) groups is 1. The van der Waals surface area contributed by atoms with Crippen LogP contribution in [0.3, 0.4) is 0 Å². The van der Waals surface area contributed by atoms with Gasteiger partial charge >= 0.3 is 0 Å². The molecule has 0 radical (unpaired) electrons. The van der Waals surface area contributed by atoms with Crippen LogP contribution in [0.1, 0.15) is 36.7 Å². The third-order valence-corrected chi connectivity index (χ3v) is 3.40. The van der Waals surface area contributed by atoms with Crippen LogP contribution in [-0.2, 0) is 5.41 Å². The lowest BCUT2D eigenvalue weighted by Gasteiger charge is -2.21. The molecule has 0 aliphatic rings. The zero-order chi connectivity index (χ0) is 14.8. The Kier molecular flexibility index (Phi) is 3.93. The van der Waals surface area contributed by atoms with Crippen molar-refractivity contribution in [3.05, 3.63) is 53.6 Å². The van der Waals surface area contributed by atoms with E-state index < -0.39 is 0 Å². The molecule has 0 saturated heterocycles. The number of hydrogen-bond donors (Lipinski definition) is 0. The summed E-state index contributed by atoms with van der Waals surface area (Å²) in [7, 11) is 1.67. The Hall–Kier alpha value is -2.09. The van der Waals surface area contributed by atoms with Gasteiger partial charge in [0.15, 0.2) is 0 Å². The third kappa shape index (κ3) is 2.90. The molecule has 0 atom stereocenters. The van der Waals surface area contributed by atoms with Gasteiger partial charge in [-0.2, -0.15) is 0 Å². The molecule has 0 saturated carbocycles. The Morgan fingerprint density at radius 2 is 1.80 bits per heavy atom. The van der Waals surface area contributed by atoms with Crippen molar-refractivity contribution in [3.63, 3.8) is 0 Å². The van der Waals surface area contributed by atoms with E-state index in [2.05, 4.69) is 32.9 Å². The second-order valence-corrected chi connectivity index (χ2v) is 5.91. The summed E-state index contributed by atoms with van der Waals surface area (Å²) >= 11 is 0. The van der Waals surface area contributed by atoms with Gasteiger partial charge in [-0.05, 0) is 34.7 Å². The van der Waals surface area contributed by atoms with Gasteiger partial charge in [-0.15, -0.1) is 0 Å². The first-order chi connectivity index (χ1) is 9.45. The molecule has 20 heavy (non-hydrogen) atoms. The summed E-state index contributed by atoms with van der Waals surface area (Å²) in [5, 5.41) is 0. The Labute approximate surface area is 120 Å². The van der Waals surface area contributed by atoms with Crippen LogP contribution in [0.25, 0.3) is 11.1 Å². The van der Waals surface area contributed by atoms with Gasteiger partial charge in [-0.1, -0.05) is 45.0 Å². The number of ether oxygens (including phenoxy) is 1. The average molecular weight is 268 g/mol. The number of carbonyl (C=O) groups excluding carboxylic acids is 1. The van der Waals surface area contributed by atoms with E-state index >= 15 is 0 Å². The van der Waals surface area contributed by atoms with Crippen LogP contribution < -0.4 is 4.74 Å². The fraction of sp³-hybridized carbons (Fsp3) is 0.278. The summed E-state index contributed by atoms with van der Waals surface area (Å²) in [6, 6.07) is 13.8. The highest BCUT2D eigenvalue weighted by Crippen LogP contribution is 2.34. The van der Waals surface area contributed by atoms with Crippen molar-refractivity contribution in [2.75, 3.05) is 7.11 Å². The fourth-order valence-corrected chi connectivity index (χ4v) is 2.18. The quantitative estimate of drug-likeness (QED) is 0.768. The molecule has 2 rings (SSSR count). The number of benzene rings is 2. The summed E-state index contributed by atoms with van der Waals surface area (Å²) in [6.45, 7) is 6.54. The van der Waals surface area contributed by atoms with E-state index in [1.807, 2.05) is 24.3 Å². The lowest BCUT2D eigenvalue weighted by molar-refractivity contribution is 0.112.